The topological polar surface area (TPSA) is 0 Å². The standard InChI is InChI=1S/C19H24/c1-3-16(4-2)15-19(17-11-7-5-8-12-17)18-13-9-6-10-14-18/h5-14,16,19H,3-4,15H2,1-2H3. The van der Waals surface area contributed by atoms with Gasteiger partial charge in [-0.3, -0.25) is 0 Å². The second kappa shape index (κ2) is 7.13. The first-order valence-electron chi connectivity index (χ1n) is 7.45. The quantitative estimate of drug-likeness (QED) is 0.623. The summed E-state index contributed by atoms with van der Waals surface area (Å²) in [5.74, 6) is 1.35. The van der Waals surface area contributed by atoms with Gasteiger partial charge < -0.3 is 0 Å². The molecular weight excluding hydrogens is 228 g/mol. The Bertz CT molecular complexity index is 414. The van der Waals surface area contributed by atoms with Crippen molar-refractivity contribution in [3.63, 3.8) is 0 Å². The van der Waals surface area contributed by atoms with Gasteiger partial charge in [-0.25, -0.2) is 0 Å². The lowest BCUT2D eigenvalue weighted by molar-refractivity contribution is 0.432. The molecule has 0 aliphatic carbocycles. The maximum absolute atomic E-state index is 2.31. The first kappa shape index (κ1) is 13.9. The van der Waals surface area contributed by atoms with Crippen molar-refractivity contribution in [2.24, 2.45) is 5.92 Å². The Kier molecular flexibility index (Phi) is 5.20. The van der Waals surface area contributed by atoms with Crippen molar-refractivity contribution >= 4 is 0 Å². The molecule has 0 aliphatic rings. The highest BCUT2D eigenvalue weighted by atomic mass is 14.2. The molecule has 0 nitrogen and oxygen atoms in total. The van der Waals surface area contributed by atoms with Gasteiger partial charge in [0.15, 0.2) is 0 Å². The van der Waals surface area contributed by atoms with Crippen LogP contribution in [0.4, 0.5) is 0 Å². The molecule has 0 bridgehead atoms. The van der Waals surface area contributed by atoms with Crippen molar-refractivity contribution in [2.45, 2.75) is 39.0 Å². The van der Waals surface area contributed by atoms with Crippen LogP contribution in [0.15, 0.2) is 60.7 Å². The van der Waals surface area contributed by atoms with Gasteiger partial charge in [0, 0.05) is 5.92 Å². The number of hydrogen-bond acceptors (Lipinski definition) is 0. The van der Waals surface area contributed by atoms with Crippen molar-refractivity contribution in [2.75, 3.05) is 0 Å². The van der Waals surface area contributed by atoms with Gasteiger partial charge in [0.05, 0.1) is 0 Å². The highest BCUT2D eigenvalue weighted by Gasteiger charge is 2.17. The molecule has 2 aromatic carbocycles. The molecule has 0 amide bonds. The summed E-state index contributed by atoms with van der Waals surface area (Å²) in [5, 5.41) is 0. The van der Waals surface area contributed by atoms with Gasteiger partial charge in [0.1, 0.15) is 0 Å². The second-order valence-corrected chi connectivity index (χ2v) is 5.29. The van der Waals surface area contributed by atoms with Crippen LogP contribution in [0.3, 0.4) is 0 Å². The molecule has 0 aromatic heterocycles. The molecule has 100 valence electrons. The third-order valence-electron chi connectivity index (χ3n) is 4.13. The molecule has 0 atom stereocenters. The molecule has 0 saturated heterocycles. The van der Waals surface area contributed by atoms with Gasteiger partial charge in [-0.1, -0.05) is 87.4 Å². The average molecular weight is 252 g/mol. The van der Waals surface area contributed by atoms with E-state index in [1.165, 1.54) is 30.4 Å². The van der Waals surface area contributed by atoms with Gasteiger partial charge in [0.2, 0.25) is 0 Å². The molecule has 0 N–H and O–H groups in total. The monoisotopic (exact) mass is 252 g/mol. The minimum atomic E-state index is 0.535. The minimum absolute atomic E-state index is 0.535. The fourth-order valence-electron chi connectivity index (χ4n) is 2.79. The van der Waals surface area contributed by atoms with Crippen LogP contribution in [0.25, 0.3) is 0 Å². The van der Waals surface area contributed by atoms with Gasteiger partial charge in [0.25, 0.3) is 0 Å². The highest BCUT2D eigenvalue weighted by molar-refractivity contribution is 5.32. The normalized spacial score (nSPS) is 11.2. The molecule has 0 spiro atoms. The molecule has 0 unspecified atom stereocenters. The highest BCUT2D eigenvalue weighted by Crippen LogP contribution is 2.32. The van der Waals surface area contributed by atoms with Gasteiger partial charge in [-0.15, -0.1) is 0 Å². The Labute approximate surface area is 117 Å². The van der Waals surface area contributed by atoms with Crippen molar-refractivity contribution in [1.82, 2.24) is 0 Å². The lowest BCUT2D eigenvalue weighted by atomic mass is 9.82. The van der Waals surface area contributed by atoms with E-state index in [1.807, 2.05) is 0 Å². The Morgan fingerprint density at radius 3 is 1.47 bits per heavy atom. The lowest BCUT2D eigenvalue weighted by Gasteiger charge is -2.23. The van der Waals surface area contributed by atoms with Crippen molar-refractivity contribution in [3.05, 3.63) is 71.8 Å². The summed E-state index contributed by atoms with van der Waals surface area (Å²) in [6.07, 6.45) is 3.79. The lowest BCUT2D eigenvalue weighted by Crippen LogP contribution is -2.08. The summed E-state index contributed by atoms with van der Waals surface area (Å²) in [6.45, 7) is 4.61. The zero-order valence-corrected chi connectivity index (χ0v) is 12.0. The second-order valence-electron chi connectivity index (χ2n) is 5.29. The van der Waals surface area contributed by atoms with E-state index in [2.05, 4.69) is 74.5 Å². The van der Waals surface area contributed by atoms with Crippen molar-refractivity contribution < 1.29 is 0 Å². The predicted octanol–water partition coefficient (Wildman–Crippen LogP) is 5.64. The van der Waals surface area contributed by atoms with E-state index >= 15 is 0 Å². The first-order valence-corrected chi connectivity index (χ1v) is 7.45. The molecule has 0 radical (unpaired) electrons. The van der Waals surface area contributed by atoms with E-state index in [4.69, 9.17) is 0 Å². The van der Waals surface area contributed by atoms with Crippen LogP contribution in [-0.4, -0.2) is 0 Å². The summed E-state index contributed by atoms with van der Waals surface area (Å²) < 4.78 is 0. The van der Waals surface area contributed by atoms with E-state index in [0.29, 0.717) is 5.92 Å². The summed E-state index contributed by atoms with van der Waals surface area (Å²) in [5.41, 5.74) is 2.89. The Morgan fingerprint density at radius 1 is 0.684 bits per heavy atom. The summed E-state index contributed by atoms with van der Waals surface area (Å²) in [7, 11) is 0. The summed E-state index contributed by atoms with van der Waals surface area (Å²) in [6, 6.07) is 21.9. The Hall–Kier alpha value is -1.56. The van der Waals surface area contributed by atoms with Crippen LogP contribution in [0.5, 0.6) is 0 Å². The van der Waals surface area contributed by atoms with E-state index < -0.39 is 0 Å². The van der Waals surface area contributed by atoms with Crippen LogP contribution in [0.1, 0.15) is 50.2 Å². The fraction of sp³-hybridized carbons (Fsp3) is 0.368. The van der Waals surface area contributed by atoms with Crippen LogP contribution in [-0.2, 0) is 0 Å². The fourth-order valence-corrected chi connectivity index (χ4v) is 2.79. The maximum atomic E-state index is 2.31. The number of rotatable bonds is 6. The summed E-state index contributed by atoms with van der Waals surface area (Å²) in [4.78, 5) is 0. The largest absolute Gasteiger partial charge is 0.0651 e. The van der Waals surface area contributed by atoms with Gasteiger partial charge >= 0.3 is 0 Å². The van der Waals surface area contributed by atoms with Crippen LogP contribution in [0.2, 0.25) is 0 Å². The van der Waals surface area contributed by atoms with Crippen LogP contribution in [0, 0.1) is 5.92 Å². The summed E-state index contributed by atoms with van der Waals surface area (Å²) >= 11 is 0. The number of benzene rings is 2. The first-order chi connectivity index (χ1) is 9.35. The molecule has 0 heteroatoms. The molecule has 2 rings (SSSR count). The SMILES string of the molecule is CCC(CC)CC(c1ccccc1)c1ccccc1. The van der Waals surface area contributed by atoms with Crippen LogP contribution >= 0.6 is 0 Å². The molecule has 19 heavy (non-hydrogen) atoms. The van der Waals surface area contributed by atoms with Crippen molar-refractivity contribution in [1.29, 1.82) is 0 Å². The van der Waals surface area contributed by atoms with E-state index in [-0.39, 0.29) is 0 Å². The zero-order chi connectivity index (χ0) is 13.5. The zero-order valence-electron chi connectivity index (χ0n) is 12.0. The van der Waals surface area contributed by atoms with E-state index in [0.717, 1.165) is 5.92 Å². The van der Waals surface area contributed by atoms with Gasteiger partial charge in [-0.2, -0.15) is 0 Å². The third kappa shape index (κ3) is 3.70. The van der Waals surface area contributed by atoms with E-state index in [9.17, 15) is 0 Å². The Morgan fingerprint density at radius 2 is 1.11 bits per heavy atom. The molecule has 0 heterocycles. The predicted molar refractivity (Wildman–Crippen MR) is 83.4 cm³/mol. The third-order valence-corrected chi connectivity index (χ3v) is 4.13. The van der Waals surface area contributed by atoms with Crippen LogP contribution < -0.4 is 0 Å². The smallest absolute Gasteiger partial charge is 0.00919 e. The molecule has 0 aliphatic heterocycles. The van der Waals surface area contributed by atoms with E-state index in [1.54, 1.807) is 0 Å². The maximum Gasteiger partial charge on any atom is 0.00919 e. The number of hydrogen-bond donors (Lipinski definition) is 0. The molecule has 0 saturated carbocycles. The van der Waals surface area contributed by atoms with Crippen molar-refractivity contribution in [3.8, 4) is 0 Å². The minimum Gasteiger partial charge on any atom is -0.0651 e. The Balaban J connectivity index is 2.29. The molecular formula is C19H24. The molecule has 2 aromatic rings. The average Bonchev–Trinajstić information content (AvgIpc) is 2.50. The molecule has 0 fully saturated rings. The van der Waals surface area contributed by atoms with Gasteiger partial charge in [-0.05, 0) is 23.5 Å².